The molecule has 94 valence electrons. The highest BCUT2D eigenvalue weighted by atomic mass is 16.1. The van der Waals surface area contributed by atoms with Crippen LogP contribution in [0.25, 0.3) is 16.6 Å². The minimum atomic E-state index is 0.0763. The van der Waals surface area contributed by atoms with Crippen molar-refractivity contribution in [2.24, 2.45) is 0 Å². The quantitative estimate of drug-likeness (QED) is 0.680. The molecule has 0 aliphatic carbocycles. The number of aryl methyl sites for hydroxylation is 1. The third-order valence-electron chi connectivity index (χ3n) is 3.38. The monoisotopic (exact) mass is 249 g/mol. The van der Waals surface area contributed by atoms with E-state index in [1.165, 1.54) is 0 Å². The van der Waals surface area contributed by atoms with Crippen molar-refractivity contribution in [1.82, 2.24) is 4.57 Å². The number of hydrogen-bond donors (Lipinski definition) is 0. The standard InChI is InChI=1S/C17H15NO/c1-2-13-12-14-8-6-7-11-16(14)18(17(13)19)15-9-4-3-5-10-15/h3-12H,2H2,1H3. The van der Waals surface area contributed by atoms with Crippen molar-refractivity contribution in [3.63, 3.8) is 0 Å². The molecule has 19 heavy (non-hydrogen) atoms. The van der Waals surface area contributed by atoms with E-state index in [9.17, 15) is 4.79 Å². The molecular formula is C17H15NO. The second kappa shape index (κ2) is 4.73. The fourth-order valence-corrected chi connectivity index (χ4v) is 2.40. The summed E-state index contributed by atoms with van der Waals surface area (Å²) in [6.45, 7) is 2.01. The zero-order valence-corrected chi connectivity index (χ0v) is 10.8. The van der Waals surface area contributed by atoms with Gasteiger partial charge in [0.15, 0.2) is 0 Å². The van der Waals surface area contributed by atoms with E-state index in [-0.39, 0.29) is 5.56 Å². The number of benzene rings is 2. The minimum Gasteiger partial charge on any atom is -0.277 e. The maximum atomic E-state index is 12.6. The van der Waals surface area contributed by atoms with Gasteiger partial charge in [-0.1, -0.05) is 43.3 Å². The first kappa shape index (κ1) is 11.7. The summed E-state index contributed by atoms with van der Waals surface area (Å²) in [6.07, 6.45) is 0.747. The third kappa shape index (κ3) is 1.95. The topological polar surface area (TPSA) is 22.0 Å². The van der Waals surface area contributed by atoms with E-state index in [4.69, 9.17) is 0 Å². The second-order valence-corrected chi connectivity index (χ2v) is 4.56. The molecule has 0 atom stereocenters. The van der Waals surface area contributed by atoms with Gasteiger partial charge >= 0.3 is 0 Å². The number of nitrogens with zero attached hydrogens (tertiary/aromatic N) is 1. The summed E-state index contributed by atoms with van der Waals surface area (Å²) in [6, 6.07) is 19.8. The van der Waals surface area contributed by atoms with Gasteiger partial charge in [0.05, 0.1) is 5.52 Å². The van der Waals surface area contributed by atoms with E-state index in [0.29, 0.717) is 0 Å². The van der Waals surface area contributed by atoms with Crippen LogP contribution in [-0.4, -0.2) is 4.57 Å². The molecule has 0 aliphatic heterocycles. The Hall–Kier alpha value is -2.35. The van der Waals surface area contributed by atoms with Crippen LogP contribution in [0.3, 0.4) is 0 Å². The van der Waals surface area contributed by atoms with Crippen molar-refractivity contribution < 1.29 is 0 Å². The molecule has 0 aliphatic rings. The summed E-state index contributed by atoms with van der Waals surface area (Å²) in [5.74, 6) is 0. The summed E-state index contributed by atoms with van der Waals surface area (Å²) in [5.41, 5.74) is 2.80. The number of fused-ring (bicyclic) bond motifs is 1. The lowest BCUT2D eigenvalue weighted by Crippen LogP contribution is -2.22. The van der Waals surface area contributed by atoms with Crippen LogP contribution in [0.5, 0.6) is 0 Å². The van der Waals surface area contributed by atoms with Crippen molar-refractivity contribution in [1.29, 1.82) is 0 Å². The molecule has 0 spiro atoms. The van der Waals surface area contributed by atoms with Gasteiger partial charge in [-0.05, 0) is 36.1 Å². The lowest BCUT2D eigenvalue weighted by atomic mass is 10.1. The summed E-state index contributed by atoms with van der Waals surface area (Å²) < 4.78 is 1.80. The van der Waals surface area contributed by atoms with Gasteiger partial charge in [0.2, 0.25) is 0 Å². The molecule has 0 unspecified atom stereocenters. The fourth-order valence-electron chi connectivity index (χ4n) is 2.40. The van der Waals surface area contributed by atoms with Crippen molar-refractivity contribution in [2.45, 2.75) is 13.3 Å². The van der Waals surface area contributed by atoms with E-state index in [0.717, 1.165) is 28.6 Å². The molecule has 0 fully saturated rings. The summed E-state index contributed by atoms with van der Waals surface area (Å²) >= 11 is 0. The van der Waals surface area contributed by atoms with Gasteiger partial charge < -0.3 is 0 Å². The predicted octanol–water partition coefficient (Wildman–Crippen LogP) is 3.55. The Morgan fingerprint density at radius 3 is 2.37 bits per heavy atom. The van der Waals surface area contributed by atoms with Crippen LogP contribution in [-0.2, 0) is 6.42 Å². The van der Waals surface area contributed by atoms with Crippen LogP contribution in [0.15, 0.2) is 65.5 Å². The Bertz CT molecular complexity index is 772. The third-order valence-corrected chi connectivity index (χ3v) is 3.38. The smallest absolute Gasteiger partial charge is 0.258 e. The van der Waals surface area contributed by atoms with Gasteiger partial charge in [-0.3, -0.25) is 9.36 Å². The highest BCUT2D eigenvalue weighted by Gasteiger charge is 2.08. The Morgan fingerprint density at radius 2 is 1.63 bits per heavy atom. The summed E-state index contributed by atoms with van der Waals surface area (Å²) in [4.78, 5) is 12.6. The molecule has 1 heterocycles. The first-order valence-electron chi connectivity index (χ1n) is 6.50. The largest absolute Gasteiger partial charge is 0.277 e. The highest BCUT2D eigenvalue weighted by molar-refractivity contribution is 5.81. The van der Waals surface area contributed by atoms with Crippen LogP contribution < -0.4 is 5.56 Å². The van der Waals surface area contributed by atoms with Gasteiger partial charge in [0.25, 0.3) is 5.56 Å². The number of para-hydroxylation sites is 2. The lowest BCUT2D eigenvalue weighted by molar-refractivity contribution is 0.979. The van der Waals surface area contributed by atoms with Crippen molar-refractivity contribution in [2.75, 3.05) is 0 Å². The SMILES string of the molecule is CCc1cc2ccccc2n(-c2ccccc2)c1=O. The number of pyridine rings is 1. The molecule has 1 aromatic heterocycles. The average Bonchev–Trinajstić information content (AvgIpc) is 2.47. The van der Waals surface area contributed by atoms with Crippen molar-refractivity contribution >= 4 is 10.9 Å². The van der Waals surface area contributed by atoms with Gasteiger partial charge in [-0.25, -0.2) is 0 Å². The first-order chi connectivity index (χ1) is 9.31. The molecule has 2 aromatic carbocycles. The van der Waals surface area contributed by atoms with Crippen LogP contribution in [0, 0.1) is 0 Å². The molecular weight excluding hydrogens is 234 g/mol. The molecule has 3 aromatic rings. The number of aromatic nitrogens is 1. The normalized spacial score (nSPS) is 10.8. The summed E-state index contributed by atoms with van der Waals surface area (Å²) in [7, 11) is 0. The molecule has 0 radical (unpaired) electrons. The number of rotatable bonds is 2. The Kier molecular flexibility index (Phi) is 2.92. The van der Waals surface area contributed by atoms with E-state index in [2.05, 4.69) is 0 Å². The Morgan fingerprint density at radius 1 is 0.947 bits per heavy atom. The molecule has 0 saturated carbocycles. The van der Waals surface area contributed by atoms with E-state index in [1.807, 2.05) is 67.6 Å². The zero-order valence-electron chi connectivity index (χ0n) is 10.8. The zero-order chi connectivity index (χ0) is 13.2. The molecule has 2 heteroatoms. The van der Waals surface area contributed by atoms with Gasteiger partial charge in [-0.15, -0.1) is 0 Å². The maximum absolute atomic E-state index is 12.6. The summed E-state index contributed by atoms with van der Waals surface area (Å²) in [5, 5.41) is 1.10. The predicted molar refractivity (Wildman–Crippen MR) is 78.9 cm³/mol. The Labute approximate surface area is 111 Å². The number of hydrogen-bond acceptors (Lipinski definition) is 1. The molecule has 0 N–H and O–H groups in total. The van der Waals surface area contributed by atoms with Crippen molar-refractivity contribution in [3.8, 4) is 5.69 Å². The lowest BCUT2D eigenvalue weighted by Gasteiger charge is -2.12. The molecule has 0 bridgehead atoms. The van der Waals surface area contributed by atoms with Crippen LogP contribution in [0.2, 0.25) is 0 Å². The molecule has 0 saturated heterocycles. The average molecular weight is 249 g/mol. The van der Waals surface area contributed by atoms with Crippen LogP contribution in [0.1, 0.15) is 12.5 Å². The first-order valence-corrected chi connectivity index (χ1v) is 6.50. The second-order valence-electron chi connectivity index (χ2n) is 4.56. The molecule has 0 amide bonds. The Balaban J connectivity index is 2.45. The fraction of sp³-hybridized carbons (Fsp3) is 0.118. The van der Waals surface area contributed by atoms with Gasteiger partial charge in [0.1, 0.15) is 0 Å². The van der Waals surface area contributed by atoms with Crippen molar-refractivity contribution in [3.05, 3.63) is 76.6 Å². The van der Waals surface area contributed by atoms with Crippen LogP contribution in [0.4, 0.5) is 0 Å². The molecule has 2 nitrogen and oxygen atoms in total. The van der Waals surface area contributed by atoms with Gasteiger partial charge in [0, 0.05) is 11.3 Å². The minimum absolute atomic E-state index is 0.0763. The van der Waals surface area contributed by atoms with Gasteiger partial charge in [-0.2, -0.15) is 0 Å². The van der Waals surface area contributed by atoms with Crippen LogP contribution >= 0.6 is 0 Å². The highest BCUT2D eigenvalue weighted by Crippen LogP contribution is 2.17. The van der Waals surface area contributed by atoms with E-state index >= 15 is 0 Å². The van der Waals surface area contributed by atoms with E-state index < -0.39 is 0 Å². The maximum Gasteiger partial charge on any atom is 0.258 e. The van der Waals surface area contributed by atoms with E-state index in [1.54, 1.807) is 4.57 Å². The molecule has 3 rings (SSSR count).